The molecule has 0 bridgehead atoms. The van der Waals surface area contributed by atoms with E-state index in [0.29, 0.717) is 11.9 Å². The van der Waals surface area contributed by atoms with E-state index in [0.717, 1.165) is 31.4 Å². The molecule has 214 valence electrons. The fourth-order valence-electron chi connectivity index (χ4n) is 4.35. The van der Waals surface area contributed by atoms with Crippen molar-refractivity contribution in [3.05, 3.63) is 18.1 Å². The highest BCUT2D eigenvalue weighted by molar-refractivity contribution is 5.15. The summed E-state index contributed by atoms with van der Waals surface area (Å²) in [5, 5.41) is 6.92. The van der Waals surface area contributed by atoms with Crippen LogP contribution in [0.25, 0.3) is 0 Å². The lowest BCUT2D eigenvalue weighted by Crippen LogP contribution is -2.53. The van der Waals surface area contributed by atoms with E-state index >= 15 is 0 Å². The number of ether oxygens (including phenoxy) is 2. The first-order chi connectivity index (χ1) is 16.8. The molecule has 0 aromatic carbocycles. The Morgan fingerprint density at radius 3 is 2.05 bits per heavy atom. The fourth-order valence-corrected chi connectivity index (χ4v) is 4.35. The van der Waals surface area contributed by atoms with Crippen molar-refractivity contribution in [1.29, 1.82) is 0 Å². The highest BCUT2D eigenvalue weighted by atomic mass is 19.3. The highest BCUT2D eigenvalue weighted by Crippen LogP contribution is 2.31. The molecule has 37 heavy (non-hydrogen) atoms. The van der Waals surface area contributed by atoms with E-state index in [9.17, 15) is 8.78 Å². The maximum Gasteiger partial charge on any atom is 0.251 e. The van der Waals surface area contributed by atoms with Gasteiger partial charge in [-0.3, -0.25) is 4.98 Å². The number of halogens is 2. The molecule has 1 aromatic rings. The van der Waals surface area contributed by atoms with Crippen LogP contribution in [0.2, 0.25) is 0 Å². The summed E-state index contributed by atoms with van der Waals surface area (Å²) in [6, 6.07) is 0.488. The Hall–Kier alpha value is -1.38. The number of alkyl halides is 2. The van der Waals surface area contributed by atoms with Crippen molar-refractivity contribution in [3.8, 4) is 5.88 Å². The second-order valence-corrected chi connectivity index (χ2v) is 14.1. The molecular weight excluding hydrogens is 474 g/mol. The number of rotatable bonds is 14. The Labute approximate surface area is 224 Å². The molecule has 1 heterocycles. The summed E-state index contributed by atoms with van der Waals surface area (Å²) in [5.74, 6) is -2.18. The fraction of sp³-hybridized carbons (Fsp3) is 0.862. The second kappa shape index (κ2) is 12.2. The Kier molecular flexibility index (Phi) is 10.5. The summed E-state index contributed by atoms with van der Waals surface area (Å²) in [6.07, 6.45) is 6.87. The van der Waals surface area contributed by atoms with E-state index in [4.69, 9.17) is 9.47 Å². The third kappa shape index (κ3) is 12.3. The lowest BCUT2D eigenvalue weighted by Gasteiger charge is -2.39. The molecule has 0 spiro atoms. The van der Waals surface area contributed by atoms with Gasteiger partial charge < -0.3 is 20.1 Å². The third-order valence-corrected chi connectivity index (χ3v) is 6.81. The number of hydrogen-bond acceptors (Lipinski definition) is 6. The van der Waals surface area contributed by atoms with Gasteiger partial charge in [0.2, 0.25) is 5.88 Å². The van der Waals surface area contributed by atoms with Gasteiger partial charge in [-0.2, -0.15) is 0 Å². The normalized spacial score (nSPS) is 19.6. The molecule has 1 fully saturated rings. The number of nitrogens with zero attached hydrogens (tertiary/aromatic N) is 2. The second-order valence-electron chi connectivity index (χ2n) is 14.1. The van der Waals surface area contributed by atoms with Crippen molar-refractivity contribution in [2.45, 2.75) is 148 Å². The molecule has 0 unspecified atom stereocenters. The van der Waals surface area contributed by atoms with Crippen LogP contribution in [0, 0.1) is 0 Å². The van der Waals surface area contributed by atoms with Crippen LogP contribution >= 0.6 is 0 Å². The standard InChI is InChI=1S/C29H52F2N4O2/c1-25(2,3)35-21-17-22(18-21)37-24-20-32-23(19-33-24)27(7,8)11-12-28(9,10)34-15-13-29(30,31)14-16-36-26(4,5)6/h19-22,34-35H,11-18H2,1-10H3/t21-,22-. The molecule has 0 atom stereocenters. The van der Waals surface area contributed by atoms with Crippen LogP contribution in [0.1, 0.15) is 113 Å². The summed E-state index contributed by atoms with van der Waals surface area (Å²) in [7, 11) is 0. The number of nitrogens with one attached hydrogen (secondary N) is 2. The topological polar surface area (TPSA) is 68.3 Å². The van der Waals surface area contributed by atoms with E-state index in [1.807, 2.05) is 20.8 Å². The van der Waals surface area contributed by atoms with Gasteiger partial charge in [0.05, 0.1) is 30.3 Å². The zero-order valence-corrected chi connectivity index (χ0v) is 24.9. The van der Waals surface area contributed by atoms with Crippen LogP contribution < -0.4 is 15.4 Å². The molecule has 2 N–H and O–H groups in total. The molecular formula is C29H52F2N4O2. The molecule has 1 aromatic heterocycles. The molecule has 6 nitrogen and oxygen atoms in total. The quantitative estimate of drug-likeness (QED) is 0.291. The molecule has 1 aliphatic carbocycles. The molecule has 8 heteroatoms. The van der Waals surface area contributed by atoms with Crippen LogP contribution in [0.3, 0.4) is 0 Å². The van der Waals surface area contributed by atoms with E-state index in [1.54, 1.807) is 12.4 Å². The largest absolute Gasteiger partial charge is 0.473 e. The van der Waals surface area contributed by atoms with E-state index in [2.05, 4.69) is 69.1 Å². The van der Waals surface area contributed by atoms with Gasteiger partial charge in [-0.25, -0.2) is 13.8 Å². The van der Waals surface area contributed by atoms with Gasteiger partial charge in [-0.15, -0.1) is 0 Å². The van der Waals surface area contributed by atoms with E-state index < -0.39 is 11.5 Å². The maximum atomic E-state index is 14.2. The predicted molar refractivity (Wildman–Crippen MR) is 147 cm³/mol. The zero-order valence-electron chi connectivity index (χ0n) is 24.9. The van der Waals surface area contributed by atoms with Crippen molar-refractivity contribution >= 4 is 0 Å². The predicted octanol–water partition coefficient (Wildman–Crippen LogP) is 6.43. The third-order valence-electron chi connectivity index (χ3n) is 6.81. The first kappa shape index (κ1) is 31.8. The SMILES string of the molecule is CC(C)(CCC(C)(C)c1cnc(O[C@H]2C[C@H](NC(C)(C)C)C2)cn1)NCCC(F)(F)CCOC(C)(C)C. The van der Waals surface area contributed by atoms with Crippen LogP contribution in [0.15, 0.2) is 12.4 Å². The molecule has 0 saturated heterocycles. The Bertz CT molecular complexity index is 824. The van der Waals surface area contributed by atoms with Crippen molar-refractivity contribution < 1.29 is 18.3 Å². The molecule has 0 aliphatic heterocycles. The lowest BCUT2D eigenvalue weighted by molar-refractivity contribution is -0.0701. The number of hydrogen-bond donors (Lipinski definition) is 2. The summed E-state index contributed by atoms with van der Waals surface area (Å²) >= 11 is 0. The van der Waals surface area contributed by atoms with Gasteiger partial charge in [0.25, 0.3) is 5.92 Å². The summed E-state index contributed by atoms with van der Waals surface area (Å²) in [6.45, 7) is 20.9. The smallest absolute Gasteiger partial charge is 0.251 e. The average Bonchev–Trinajstić information content (AvgIpc) is 2.69. The molecule has 1 aliphatic rings. The van der Waals surface area contributed by atoms with Gasteiger partial charge >= 0.3 is 0 Å². The Morgan fingerprint density at radius 2 is 1.51 bits per heavy atom. The van der Waals surface area contributed by atoms with Gasteiger partial charge in [0.15, 0.2) is 0 Å². The molecule has 0 radical (unpaired) electrons. The van der Waals surface area contributed by atoms with Crippen molar-refractivity contribution in [2.24, 2.45) is 0 Å². The molecule has 0 amide bonds. The minimum absolute atomic E-state index is 0.0640. The Morgan fingerprint density at radius 1 is 0.865 bits per heavy atom. The van der Waals surface area contributed by atoms with E-state index in [-0.39, 0.29) is 48.6 Å². The first-order valence-electron chi connectivity index (χ1n) is 13.8. The summed E-state index contributed by atoms with van der Waals surface area (Å²) in [5.41, 5.74) is 0.149. The van der Waals surface area contributed by atoms with Crippen molar-refractivity contribution in [1.82, 2.24) is 20.6 Å². The van der Waals surface area contributed by atoms with Crippen LogP contribution in [0.4, 0.5) is 8.78 Å². The Balaban J connectivity index is 1.75. The average molecular weight is 527 g/mol. The summed E-state index contributed by atoms with van der Waals surface area (Å²) in [4.78, 5) is 9.16. The van der Waals surface area contributed by atoms with Crippen molar-refractivity contribution in [2.75, 3.05) is 13.2 Å². The van der Waals surface area contributed by atoms with Gasteiger partial charge in [-0.05, 0) is 81.1 Å². The first-order valence-corrected chi connectivity index (χ1v) is 13.8. The molecule has 1 saturated carbocycles. The molecule has 2 rings (SSSR count). The summed E-state index contributed by atoms with van der Waals surface area (Å²) < 4.78 is 39.9. The van der Waals surface area contributed by atoms with Gasteiger partial charge in [0, 0.05) is 41.9 Å². The van der Waals surface area contributed by atoms with Crippen molar-refractivity contribution in [3.63, 3.8) is 0 Å². The minimum atomic E-state index is -2.74. The minimum Gasteiger partial charge on any atom is -0.473 e. The monoisotopic (exact) mass is 526 g/mol. The van der Waals surface area contributed by atoms with Gasteiger partial charge in [-0.1, -0.05) is 13.8 Å². The van der Waals surface area contributed by atoms with Crippen LogP contribution in [-0.2, 0) is 10.2 Å². The van der Waals surface area contributed by atoms with Crippen LogP contribution in [0.5, 0.6) is 5.88 Å². The van der Waals surface area contributed by atoms with E-state index in [1.165, 1.54) is 0 Å². The van der Waals surface area contributed by atoms with Crippen LogP contribution in [-0.4, -0.2) is 57.9 Å². The zero-order chi connectivity index (χ0) is 28.1. The number of aromatic nitrogens is 2. The lowest BCUT2D eigenvalue weighted by atomic mass is 9.80. The highest BCUT2D eigenvalue weighted by Gasteiger charge is 2.34. The van der Waals surface area contributed by atoms with Gasteiger partial charge in [0.1, 0.15) is 6.10 Å². The maximum absolute atomic E-state index is 14.2.